The van der Waals surface area contributed by atoms with Crippen molar-refractivity contribution in [1.82, 2.24) is 62.0 Å². The molecular formula is C101H146N16O30. The molecule has 5 atom stereocenters. The van der Waals surface area contributed by atoms with Gasteiger partial charge >= 0.3 is 46.2 Å². The molecule has 0 aliphatic carbocycles. The molecule has 46 heteroatoms. The third-order valence-electron chi connectivity index (χ3n) is 22.8. The minimum atomic E-state index is -0.662. The first kappa shape index (κ1) is 119. The predicted molar refractivity (Wildman–Crippen MR) is 544 cm³/mol. The minimum Gasteiger partial charge on any atom is -0.508 e. The first-order valence-corrected chi connectivity index (χ1v) is 47.4. The van der Waals surface area contributed by atoms with Gasteiger partial charge in [0.05, 0.1) is 135 Å². The fourth-order valence-corrected chi connectivity index (χ4v) is 14.7. The number of anilines is 3. The topological polar surface area (TPSA) is 469 Å². The van der Waals surface area contributed by atoms with E-state index in [4.69, 9.17) is 94.7 Å². The van der Waals surface area contributed by atoms with Gasteiger partial charge in [-0.1, -0.05) is 113 Å². The zero-order valence-corrected chi connectivity index (χ0v) is 87.5. The Morgan fingerprint density at radius 3 is 0.776 bits per heavy atom. The van der Waals surface area contributed by atoms with Crippen LogP contribution in [0.5, 0.6) is 23.0 Å². The second kappa shape index (κ2) is 60.4. The molecule has 14 rings (SSSR count). The summed E-state index contributed by atoms with van der Waals surface area (Å²) in [4.78, 5) is 123. The van der Waals surface area contributed by atoms with Gasteiger partial charge in [0.2, 0.25) is 17.8 Å². The number of phenolic OH excluding ortho intramolecular Hbond substituents is 2. The number of hydrogen-bond acceptors (Lipinski definition) is 36. The fraction of sp³-hybridized carbons (Fsp3) is 0.535. The first-order valence-electron chi connectivity index (χ1n) is 47.4. The Labute approximate surface area is 855 Å². The lowest BCUT2D eigenvalue weighted by Gasteiger charge is -2.28. The first-order chi connectivity index (χ1) is 70.8. The van der Waals surface area contributed by atoms with E-state index in [1.54, 1.807) is 100 Å². The van der Waals surface area contributed by atoms with E-state index < -0.39 is 46.5 Å². The second-order valence-electron chi connectivity index (χ2n) is 35.5. The lowest BCUT2D eigenvalue weighted by Crippen LogP contribution is -2.55. The van der Waals surface area contributed by atoms with E-state index in [0.717, 1.165) is 63.2 Å². The molecule has 4 amide bonds. The van der Waals surface area contributed by atoms with Gasteiger partial charge < -0.3 is 105 Å². The number of carbonyl (C=O) groups excluding carboxylic acids is 2. The molecular weight excluding hydrogens is 1920 g/mol. The maximum atomic E-state index is 12.6. The molecule has 0 bridgehead atoms. The highest BCUT2D eigenvalue weighted by Crippen LogP contribution is 2.38. The quantitative estimate of drug-likeness (QED) is 0.0165. The third-order valence-corrected chi connectivity index (χ3v) is 22.8. The number of methoxy groups -OCH3 is 10. The van der Waals surface area contributed by atoms with Crippen molar-refractivity contribution in [2.45, 2.75) is 148 Å². The van der Waals surface area contributed by atoms with Crippen molar-refractivity contribution in [3.05, 3.63) is 257 Å². The number of phenols is 2. The monoisotopic (exact) mass is 2060 g/mol. The van der Waals surface area contributed by atoms with E-state index in [-0.39, 0.29) is 177 Å². The summed E-state index contributed by atoms with van der Waals surface area (Å²) in [6.45, 7) is 35.5. The normalized spacial score (nSPS) is 17.6. The van der Waals surface area contributed by atoms with Gasteiger partial charge in [-0.25, -0.2) is 65.8 Å². The molecule has 147 heavy (non-hydrogen) atoms. The molecule has 7 fully saturated rings. The number of urea groups is 2. The van der Waals surface area contributed by atoms with Crippen LogP contribution in [0.1, 0.15) is 77.6 Å². The summed E-state index contributed by atoms with van der Waals surface area (Å²) in [5, 5.41) is 18.6. The summed E-state index contributed by atoms with van der Waals surface area (Å²) in [7, 11) is 15.4. The molecule has 0 saturated carbocycles. The maximum absolute atomic E-state index is 12.6. The zero-order valence-electron chi connectivity index (χ0n) is 87.5. The van der Waals surface area contributed by atoms with Gasteiger partial charge in [0.25, 0.3) is 0 Å². The lowest BCUT2D eigenvalue weighted by atomic mass is 9.78. The predicted octanol–water partition coefficient (Wildman–Crippen LogP) is 7.18. The van der Waals surface area contributed by atoms with Gasteiger partial charge in [-0.05, 0) is 98.5 Å². The highest BCUT2D eigenvalue weighted by Gasteiger charge is 2.59. The number of allylic oxidation sites excluding steroid dienone is 6. The number of benzene rings is 4. The van der Waals surface area contributed by atoms with Crippen LogP contribution in [0.25, 0.3) is 0 Å². The van der Waals surface area contributed by atoms with Crippen molar-refractivity contribution >= 4 is 29.9 Å². The number of epoxide rings is 5. The summed E-state index contributed by atoms with van der Waals surface area (Å²) in [6, 6.07) is 30.6. The highest BCUT2D eigenvalue weighted by molar-refractivity contribution is 5.85. The number of aromatic hydroxyl groups is 2. The fourth-order valence-electron chi connectivity index (χ4n) is 14.7. The van der Waals surface area contributed by atoms with E-state index in [9.17, 15) is 48.6 Å². The number of fused-ring (bicyclic) bond motifs is 1. The molecule has 4 aromatic carbocycles. The summed E-state index contributed by atoms with van der Waals surface area (Å²) in [5.41, 5.74) is 0.584. The summed E-state index contributed by atoms with van der Waals surface area (Å²) < 4.78 is 111. The number of rotatable bonds is 54. The van der Waals surface area contributed by atoms with Gasteiger partial charge in [0.1, 0.15) is 116 Å². The standard InChI is InChI=1S/C21H24O4.C15H30N6O6.C15H16O2.C14H24O3.C12H22N4O6.C12H15N3O6.C12H15N3O3/c1-21(2,15-3-7-17(8-4-15)22-11-19-13-24-19)16-5-9-18(10-6-16)23-12-20-14-25-20;1-22-7-19(8-23-2)13-16-14(20(9-24-3)10-25-4)18-15(17-13)21(11-26-5)12-27-6;1-15(2,11-3-7-13(16)8-4-11)12-5-9-14(17)10-6-12;1-5-8-15-11-14(4,12-16-9-6-2)13-17-10-7-3;1-19-5-13-9-10(15(7-21-3)11(13)17)16(8-22-4)12(18)14(9)6-20-2;16-10-13(1-7-4-19-7)11(17)15(3-9-6-21-9)12(18)14(10)2-8-5-20-8;1-4-7-13-10(16)14(8-5-2)12(18)15(9-6-3)11(13)17/h3-10,19-20H,11-14H2,1-2H3;7-12H2,1-6H3;3-10,16-17H,1-2H3;5-10H,11-13H2,1-4H3;9-10H,5-8H2,1-4H3;7-9H,1-6H2;4-6H,1-3,7-9H2/b;;;8-5+,9-6+,10-7+;;;. The Kier molecular flexibility index (Phi) is 49.0. The van der Waals surface area contributed by atoms with Crippen molar-refractivity contribution in [3.63, 3.8) is 0 Å². The molecule has 5 unspecified atom stereocenters. The van der Waals surface area contributed by atoms with Gasteiger partial charge in [0, 0.05) is 81.9 Å². The Morgan fingerprint density at radius 1 is 0.347 bits per heavy atom. The zero-order chi connectivity index (χ0) is 107. The Bertz CT molecular complexity index is 5120. The maximum Gasteiger partial charge on any atom is 0.336 e. The van der Waals surface area contributed by atoms with Crippen LogP contribution in [0, 0.1) is 5.41 Å². The van der Waals surface area contributed by atoms with Crippen LogP contribution < -0.4 is 58.3 Å². The minimum absolute atomic E-state index is 0.0478. The number of carbonyl (C=O) groups is 2. The van der Waals surface area contributed by atoms with E-state index in [2.05, 4.69) is 93.6 Å². The molecule has 0 radical (unpaired) electrons. The van der Waals surface area contributed by atoms with Crippen molar-refractivity contribution in [2.75, 3.05) is 219 Å². The van der Waals surface area contributed by atoms with Gasteiger partial charge in [0.15, 0.2) is 12.3 Å². The van der Waals surface area contributed by atoms with Crippen LogP contribution in [0.2, 0.25) is 0 Å². The lowest BCUT2D eigenvalue weighted by molar-refractivity contribution is -0.0135. The molecule has 810 valence electrons. The smallest absolute Gasteiger partial charge is 0.336 e. The van der Waals surface area contributed by atoms with Crippen molar-refractivity contribution in [2.24, 2.45) is 5.41 Å². The summed E-state index contributed by atoms with van der Waals surface area (Å²) in [5.74, 6) is 3.43. The largest absolute Gasteiger partial charge is 0.508 e. The van der Waals surface area contributed by atoms with Gasteiger partial charge in [-0.2, -0.15) is 15.0 Å². The Balaban J connectivity index is 0.000000210. The second-order valence-corrected chi connectivity index (χ2v) is 35.5. The number of nitrogens with zero attached hydrogens (tertiary/aromatic N) is 16. The average Bonchev–Trinajstić information content (AvgIpc) is 1.57. The van der Waals surface area contributed by atoms with Crippen molar-refractivity contribution in [1.29, 1.82) is 0 Å². The van der Waals surface area contributed by atoms with E-state index in [0.29, 0.717) is 70.7 Å². The Hall–Kier alpha value is -12.9. The van der Waals surface area contributed by atoms with Crippen molar-refractivity contribution in [3.8, 4) is 23.0 Å². The molecule has 0 spiro atoms. The Morgan fingerprint density at radius 2 is 0.571 bits per heavy atom. The molecule has 3 aromatic heterocycles. The van der Waals surface area contributed by atoms with Crippen LogP contribution in [0.4, 0.5) is 27.4 Å². The summed E-state index contributed by atoms with van der Waals surface area (Å²) in [6.07, 6.45) is 14.0. The molecule has 7 aliphatic rings. The number of hydrogen-bond donors (Lipinski definition) is 2. The molecule has 10 heterocycles. The van der Waals surface area contributed by atoms with E-state index in [1.165, 1.54) is 77.4 Å². The number of aromatic nitrogens is 9. The van der Waals surface area contributed by atoms with E-state index >= 15 is 0 Å². The van der Waals surface area contributed by atoms with E-state index in [1.807, 2.05) is 87.5 Å². The van der Waals surface area contributed by atoms with Crippen LogP contribution in [0.3, 0.4) is 0 Å². The molecule has 7 aliphatic heterocycles. The molecule has 7 aromatic rings. The molecule has 46 nitrogen and oxygen atoms in total. The SMILES string of the molecule is C/C=C/OCC(C)(CO/C=C/C)CO/C=C/C.C=CCn1c(=O)n(CC=C)c(=O)n(CC=C)c1=O.CC(C)(c1ccc(O)cc1)c1ccc(O)cc1.CC(C)(c1ccc(OCC2CO2)cc1)c1ccc(OCC2CO2)cc1.COCN(COC)c1nc(N(COC)COC)nc(N(COC)COC)n1.COCN1C(=O)N(COC)C2C1N(COC)C(=O)N2COC.O=c1n(CC2CO2)c(=O)n(CC2CO2)c(=O)n1CC1CO1. The van der Waals surface area contributed by atoms with Crippen LogP contribution >= 0.6 is 0 Å². The van der Waals surface area contributed by atoms with Gasteiger partial charge in [-0.3, -0.25) is 34.3 Å². The van der Waals surface area contributed by atoms with Gasteiger partial charge in [-0.15, -0.1) is 19.7 Å². The number of amides is 4. The third kappa shape index (κ3) is 35.7. The number of ether oxygens (including phenoxy) is 20. The van der Waals surface area contributed by atoms with Crippen LogP contribution in [-0.2, 0) is 135 Å². The summed E-state index contributed by atoms with van der Waals surface area (Å²) >= 11 is 0. The van der Waals surface area contributed by atoms with Crippen LogP contribution in [-0.4, -0.2) is 332 Å². The van der Waals surface area contributed by atoms with Crippen molar-refractivity contribution < 1.29 is 115 Å². The molecule has 2 N–H and O–H groups in total. The molecule has 7 saturated heterocycles. The van der Waals surface area contributed by atoms with Crippen LogP contribution in [0.15, 0.2) is 201 Å². The highest BCUT2D eigenvalue weighted by atomic mass is 16.6. The average molecular weight is 2060 g/mol.